The van der Waals surface area contributed by atoms with Crippen LogP contribution in [0.1, 0.15) is 22.8 Å². The first kappa shape index (κ1) is 22.4. The van der Waals surface area contributed by atoms with Crippen molar-refractivity contribution in [1.82, 2.24) is 0 Å². The van der Waals surface area contributed by atoms with E-state index in [9.17, 15) is 18.4 Å². The fourth-order valence-corrected chi connectivity index (χ4v) is 2.17. The zero-order valence-electron chi connectivity index (χ0n) is 15.8. The Labute approximate surface area is 170 Å². The third-order valence-corrected chi connectivity index (χ3v) is 3.45. The normalized spacial score (nSPS) is 11.1. The first-order valence-corrected chi connectivity index (χ1v) is 8.58. The van der Waals surface area contributed by atoms with E-state index in [1.807, 2.05) is 0 Å². The number of benzene rings is 2. The highest BCUT2D eigenvalue weighted by molar-refractivity contribution is 5.98. The van der Waals surface area contributed by atoms with Gasteiger partial charge in [-0.25, -0.2) is 4.79 Å². The van der Waals surface area contributed by atoms with Crippen LogP contribution in [0.25, 0.3) is 0 Å². The minimum Gasteiger partial charge on any atom is -0.490 e. The second kappa shape index (κ2) is 10.6. The van der Waals surface area contributed by atoms with E-state index in [0.717, 1.165) is 6.07 Å². The van der Waals surface area contributed by atoms with Crippen molar-refractivity contribution in [2.45, 2.75) is 13.5 Å². The minimum absolute atomic E-state index is 0.00758. The summed E-state index contributed by atoms with van der Waals surface area (Å²) < 4.78 is 39.5. The van der Waals surface area contributed by atoms with Gasteiger partial charge in [-0.2, -0.15) is 8.78 Å². The van der Waals surface area contributed by atoms with Crippen LogP contribution in [0.15, 0.2) is 47.6 Å². The Balaban J connectivity index is 2.06. The molecule has 0 heterocycles. The number of carbonyl (C=O) groups excluding carboxylic acids is 2. The predicted molar refractivity (Wildman–Crippen MR) is 102 cm³/mol. The van der Waals surface area contributed by atoms with Crippen molar-refractivity contribution >= 4 is 17.7 Å². The summed E-state index contributed by atoms with van der Waals surface area (Å²) in [5.74, 6) is -1.48. The van der Waals surface area contributed by atoms with Gasteiger partial charge in [-0.1, -0.05) is 5.16 Å². The van der Waals surface area contributed by atoms with Gasteiger partial charge in [0.2, 0.25) is 0 Å². The topological polar surface area (TPSA) is 135 Å². The molecule has 0 radical (unpaired) electrons. The molecule has 0 aliphatic carbocycles. The molecule has 2 aromatic rings. The first-order valence-electron chi connectivity index (χ1n) is 8.58. The maximum absolute atomic E-state index is 12.4. The van der Waals surface area contributed by atoms with Crippen LogP contribution >= 0.6 is 0 Å². The average Bonchev–Trinajstić information content (AvgIpc) is 2.71. The number of amidine groups is 1. The van der Waals surface area contributed by atoms with Gasteiger partial charge in [0.05, 0.1) is 12.2 Å². The molecule has 4 N–H and O–H groups in total. The fraction of sp³-hybridized carbons (Fsp3) is 0.211. The highest BCUT2D eigenvalue weighted by atomic mass is 19.3. The summed E-state index contributed by atoms with van der Waals surface area (Å²) in [6, 6.07) is 9.70. The number of ether oxygens (including phenoxy) is 3. The maximum Gasteiger partial charge on any atom is 0.387 e. The fourth-order valence-electron chi connectivity index (χ4n) is 2.17. The molecule has 0 atom stereocenters. The summed E-state index contributed by atoms with van der Waals surface area (Å²) in [7, 11) is 0. The third-order valence-electron chi connectivity index (χ3n) is 3.45. The van der Waals surface area contributed by atoms with Gasteiger partial charge in [-0.15, -0.1) is 0 Å². The van der Waals surface area contributed by atoms with Crippen molar-refractivity contribution in [3.63, 3.8) is 0 Å². The number of amides is 1. The van der Waals surface area contributed by atoms with Gasteiger partial charge >= 0.3 is 12.6 Å². The monoisotopic (exact) mass is 423 g/mol. The Hall–Kier alpha value is -3.89. The lowest BCUT2D eigenvalue weighted by Gasteiger charge is -2.11. The van der Waals surface area contributed by atoms with Gasteiger partial charge in [0.1, 0.15) is 5.75 Å². The molecule has 30 heavy (non-hydrogen) atoms. The molecule has 0 aromatic heterocycles. The van der Waals surface area contributed by atoms with Gasteiger partial charge in [-0.3, -0.25) is 4.79 Å². The molecule has 0 saturated carbocycles. The lowest BCUT2D eigenvalue weighted by Crippen LogP contribution is -2.20. The number of hydrogen-bond donors (Lipinski definition) is 2. The zero-order chi connectivity index (χ0) is 22.1. The molecule has 0 spiro atoms. The number of carbonyl (C=O) groups is 2. The van der Waals surface area contributed by atoms with Crippen LogP contribution < -0.4 is 25.7 Å². The number of rotatable bonds is 10. The first-order chi connectivity index (χ1) is 14.3. The van der Waals surface area contributed by atoms with Crippen LogP contribution in [0, 0.1) is 0 Å². The molecular weight excluding hydrogens is 404 g/mol. The molecule has 11 heteroatoms. The quantitative estimate of drug-likeness (QED) is 0.258. The molecule has 2 rings (SSSR count). The van der Waals surface area contributed by atoms with E-state index in [1.165, 1.54) is 36.4 Å². The van der Waals surface area contributed by atoms with Crippen molar-refractivity contribution in [2.75, 3.05) is 13.2 Å². The highest BCUT2D eigenvalue weighted by Gasteiger charge is 2.16. The lowest BCUT2D eigenvalue weighted by molar-refractivity contribution is -0.119. The van der Waals surface area contributed by atoms with Crippen LogP contribution in [0.2, 0.25) is 0 Å². The minimum atomic E-state index is -3.04. The van der Waals surface area contributed by atoms with Gasteiger partial charge in [0.15, 0.2) is 23.9 Å². The van der Waals surface area contributed by atoms with E-state index < -0.39 is 18.5 Å². The number of alkyl halides is 2. The average molecular weight is 423 g/mol. The number of primary amides is 1. The Morgan fingerprint density at radius 1 is 1.00 bits per heavy atom. The van der Waals surface area contributed by atoms with E-state index in [0.29, 0.717) is 11.3 Å². The van der Waals surface area contributed by atoms with Crippen molar-refractivity contribution in [3.8, 4) is 17.2 Å². The number of oxime groups is 1. The Kier molecular flexibility index (Phi) is 7.91. The highest BCUT2D eigenvalue weighted by Crippen LogP contribution is 2.30. The third kappa shape index (κ3) is 6.62. The summed E-state index contributed by atoms with van der Waals surface area (Å²) in [6.45, 7) is -1.50. The lowest BCUT2D eigenvalue weighted by atomic mass is 10.2. The molecular formula is C19H19F2N3O6. The predicted octanol–water partition coefficient (Wildman–Crippen LogP) is 2.03. The molecule has 160 valence electrons. The van der Waals surface area contributed by atoms with Crippen LogP contribution in [0.3, 0.4) is 0 Å². The number of nitrogens with two attached hydrogens (primary N) is 2. The largest absolute Gasteiger partial charge is 0.490 e. The Morgan fingerprint density at radius 2 is 1.67 bits per heavy atom. The van der Waals surface area contributed by atoms with Crippen LogP contribution in [0.4, 0.5) is 8.78 Å². The standard InChI is InChI=1S/C19H19F2N3O6/c1-2-27-15-9-12(5-8-14(15)29-19(20)21)18(26)30-24-17(23)11-3-6-13(7-4-11)28-10-16(22)25/h3-9,19H,2,10H2,1H3,(H2,22,25)(H2,23,24). The number of halogens is 2. The summed E-state index contributed by atoms with van der Waals surface area (Å²) >= 11 is 0. The second-order valence-corrected chi connectivity index (χ2v) is 5.61. The van der Waals surface area contributed by atoms with E-state index >= 15 is 0 Å². The molecule has 0 saturated heterocycles. The van der Waals surface area contributed by atoms with Gasteiger partial charge in [0, 0.05) is 5.56 Å². The SMILES string of the molecule is CCOc1cc(C(=O)O/N=C(\N)c2ccc(OCC(N)=O)cc2)ccc1OC(F)F. The second-order valence-electron chi connectivity index (χ2n) is 5.61. The van der Waals surface area contributed by atoms with Crippen LogP contribution in [-0.4, -0.2) is 37.5 Å². The Bertz CT molecular complexity index is 919. The van der Waals surface area contributed by atoms with Crippen molar-refractivity contribution in [3.05, 3.63) is 53.6 Å². The summed E-state index contributed by atoms with van der Waals surface area (Å²) in [5, 5.41) is 3.56. The zero-order valence-corrected chi connectivity index (χ0v) is 15.8. The van der Waals surface area contributed by atoms with Gasteiger partial charge < -0.3 is 30.5 Å². The van der Waals surface area contributed by atoms with Crippen molar-refractivity contribution in [1.29, 1.82) is 0 Å². The molecule has 0 bridgehead atoms. The van der Waals surface area contributed by atoms with Crippen molar-refractivity contribution in [2.24, 2.45) is 16.6 Å². The maximum atomic E-state index is 12.4. The Morgan fingerprint density at radius 3 is 2.27 bits per heavy atom. The van der Waals surface area contributed by atoms with E-state index in [4.69, 9.17) is 25.8 Å². The van der Waals surface area contributed by atoms with Crippen LogP contribution in [-0.2, 0) is 9.63 Å². The molecule has 0 fully saturated rings. The molecule has 0 aliphatic heterocycles. The van der Waals surface area contributed by atoms with E-state index in [2.05, 4.69) is 9.89 Å². The molecule has 2 aromatic carbocycles. The summed E-state index contributed by atoms with van der Waals surface area (Å²) in [5.41, 5.74) is 11.2. The molecule has 0 aliphatic rings. The smallest absolute Gasteiger partial charge is 0.387 e. The van der Waals surface area contributed by atoms with E-state index in [1.54, 1.807) is 6.92 Å². The van der Waals surface area contributed by atoms with Gasteiger partial charge in [-0.05, 0) is 49.4 Å². The van der Waals surface area contributed by atoms with Crippen LogP contribution in [0.5, 0.6) is 17.2 Å². The summed E-state index contributed by atoms with van der Waals surface area (Å²) in [4.78, 5) is 27.7. The van der Waals surface area contributed by atoms with Gasteiger partial charge in [0.25, 0.3) is 5.91 Å². The molecule has 0 unspecified atom stereocenters. The molecule has 9 nitrogen and oxygen atoms in total. The number of nitrogens with zero attached hydrogens (tertiary/aromatic N) is 1. The molecule has 1 amide bonds. The number of hydrogen-bond acceptors (Lipinski definition) is 7. The van der Waals surface area contributed by atoms with E-state index in [-0.39, 0.29) is 36.1 Å². The van der Waals surface area contributed by atoms with Crippen molar-refractivity contribution < 1.29 is 37.4 Å². The summed E-state index contributed by atoms with van der Waals surface area (Å²) in [6.07, 6.45) is 0.